The number of hydrogen-bond donors (Lipinski definition) is 1. The van der Waals surface area contributed by atoms with Crippen LogP contribution in [0.5, 0.6) is 23.0 Å². The molecule has 192 valence electrons. The molecule has 0 bridgehead atoms. The highest BCUT2D eigenvalue weighted by Gasteiger charge is 2.25. The summed E-state index contributed by atoms with van der Waals surface area (Å²) < 4.78 is 31.9. The Labute approximate surface area is 216 Å². The normalized spacial score (nSPS) is 13.1. The van der Waals surface area contributed by atoms with Crippen molar-refractivity contribution >= 4 is 34.2 Å². The number of aryl methyl sites for hydroxylation is 1. The number of fused-ring (bicyclic) bond motifs is 2. The number of benzene rings is 2. The highest BCUT2D eigenvalue weighted by atomic mass is 32.1. The van der Waals surface area contributed by atoms with Crippen LogP contribution in [0.3, 0.4) is 0 Å². The molecule has 0 unspecified atom stereocenters. The molecular formula is C26H23NO9S. The molecule has 1 aromatic heterocycles. The fraction of sp³-hybridized carbons (Fsp3) is 0.269. The summed E-state index contributed by atoms with van der Waals surface area (Å²) in [7, 11) is 1.28. The SMILES string of the molecule is COC(=O)c1c(NC(=O)COC(=O)c2ccc3c(c2)OCCO3)sc(C)c1Cc1ccc2c(c1)OCO2. The van der Waals surface area contributed by atoms with E-state index in [0.29, 0.717) is 47.6 Å². The van der Waals surface area contributed by atoms with Gasteiger partial charge in [0.2, 0.25) is 6.79 Å². The van der Waals surface area contributed by atoms with E-state index in [9.17, 15) is 14.4 Å². The van der Waals surface area contributed by atoms with E-state index in [1.807, 2.05) is 25.1 Å². The van der Waals surface area contributed by atoms with E-state index in [0.717, 1.165) is 16.0 Å². The Morgan fingerprint density at radius 3 is 2.43 bits per heavy atom. The molecule has 0 aliphatic carbocycles. The standard InChI is InChI=1S/C26H23NO9S/c1-14-17(9-15-3-5-19-20(10-15)36-13-35-19)23(26(30)31-2)24(37-14)27-22(28)12-34-25(29)16-4-6-18-21(11-16)33-8-7-32-18/h3-6,10-11H,7-9,12-13H2,1-2H3,(H,27,28). The maximum atomic E-state index is 12.7. The van der Waals surface area contributed by atoms with Crippen molar-refractivity contribution < 1.29 is 42.8 Å². The zero-order valence-corrected chi connectivity index (χ0v) is 20.9. The molecule has 0 saturated heterocycles. The Bertz CT molecular complexity index is 1380. The molecule has 37 heavy (non-hydrogen) atoms. The van der Waals surface area contributed by atoms with Crippen LogP contribution < -0.4 is 24.3 Å². The quantitative estimate of drug-likeness (QED) is 0.460. The Morgan fingerprint density at radius 2 is 1.62 bits per heavy atom. The first-order chi connectivity index (χ1) is 17.9. The van der Waals surface area contributed by atoms with Crippen molar-refractivity contribution in [2.75, 3.05) is 39.0 Å². The first-order valence-corrected chi connectivity index (χ1v) is 12.2. The van der Waals surface area contributed by atoms with Crippen LogP contribution in [0.4, 0.5) is 5.00 Å². The van der Waals surface area contributed by atoms with Gasteiger partial charge in [0, 0.05) is 4.88 Å². The maximum Gasteiger partial charge on any atom is 0.341 e. The topological polar surface area (TPSA) is 119 Å². The molecule has 0 saturated carbocycles. The molecule has 3 aromatic rings. The molecule has 11 heteroatoms. The van der Waals surface area contributed by atoms with Crippen molar-refractivity contribution in [3.8, 4) is 23.0 Å². The lowest BCUT2D eigenvalue weighted by molar-refractivity contribution is -0.119. The first kappa shape index (κ1) is 24.4. The average molecular weight is 526 g/mol. The molecule has 3 heterocycles. The lowest BCUT2D eigenvalue weighted by Crippen LogP contribution is -2.22. The van der Waals surface area contributed by atoms with E-state index in [-0.39, 0.29) is 17.9 Å². The summed E-state index contributed by atoms with van der Waals surface area (Å²) in [4.78, 5) is 38.6. The van der Waals surface area contributed by atoms with Crippen molar-refractivity contribution in [2.45, 2.75) is 13.3 Å². The van der Waals surface area contributed by atoms with Gasteiger partial charge in [-0.25, -0.2) is 9.59 Å². The van der Waals surface area contributed by atoms with Crippen molar-refractivity contribution in [1.82, 2.24) is 0 Å². The number of methoxy groups -OCH3 is 1. The summed E-state index contributed by atoms with van der Waals surface area (Å²) in [5.41, 5.74) is 2.11. The van der Waals surface area contributed by atoms with Gasteiger partial charge in [-0.15, -0.1) is 11.3 Å². The summed E-state index contributed by atoms with van der Waals surface area (Å²) >= 11 is 1.24. The number of esters is 2. The predicted molar refractivity (Wildman–Crippen MR) is 132 cm³/mol. The second kappa shape index (κ2) is 10.4. The van der Waals surface area contributed by atoms with Crippen LogP contribution in [0.15, 0.2) is 36.4 Å². The van der Waals surface area contributed by atoms with Crippen LogP contribution in [-0.2, 0) is 20.7 Å². The Hall–Kier alpha value is -4.25. The van der Waals surface area contributed by atoms with Gasteiger partial charge < -0.3 is 33.7 Å². The fourth-order valence-corrected chi connectivity index (χ4v) is 5.08. The Balaban J connectivity index is 1.28. The van der Waals surface area contributed by atoms with Crippen molar-refractivity contribution in [1.29, 1.82) is 0 Å². The van der Waals surface area contributed by atoms with Gasteiger partial charge in [-0.05, 0) is 54.8 Å². The Morgan fingerprint density at radius 1 is 0.919 bits per heavy atom. The molecule has 0 spiro atoms. The molecule has 1 N–H and O–H groups in total. The van der Waals surface area contributed by atoms with E-state index < -0.39 is 24.5 Å². The van der Waals surface area contributed by atoms with Crippen molar-refractivity contribution in [3.63, 3.8) is 0 Å². The number of rotatable bonds is 7. The summed E-state index contributed by atoms with van der Waals surface area (Å²) in [6.45, 7) is 2.30. The molecule has 10 nitrogen and oxygen atoms in total. The van der Waals surface area contributed by atoms with E-state index in [1.165, 1.54) is 30.6 Å². The predicted octanol–water partition coefficient (Wildman–Crippen LogP) is 3.73. The lowest BCUT2D eigenvalue weighted by Gasteiger charge is -2.18. The highest BCUT2D eigenvalue weighted by molar-refractivity contribution is 7.16. The van der Waals surface area contributed by atoms with Crippen LogP contribution in [0.1, 0.15) is 36.7 Å². The number of thiophene rings is 1. The van der Waals surface area contributed by atoms with E-state index in [4.69, 9.17) is 28.4 Å². The third-order valence-electron chi connectivity index (χ3n) is 5.78. The molecule has 2 aromatic carbocycles. The lowest BCUT2D eigenvalue weighted by atomic mass is 10.0. The highest BCUT2D eigenvalue weighted by Crippen LogP contribution is 2.38. The van der Waals surface area contributed by atoms with Crippen molar-refractivity contribution in [2.24, 2.45) is 0 Å². The van der Waals surface area contributed by atoms with Gasteiger partial charge in [0.15, 0.2) is 29.6 Å². The number of nitrogens with one attached hydrogen (secondary N) is 1. The van der Waals surface area contributed by atoms with Crippen LogP contribution in [0.25, 0.3) is 0 Å². The third-order valence-corrected chi connectivity index (χ3v) is 6.84. The number of carbonyl (C=O) groups is 3. The maximum absolute atomic E-state index is 12.7. The number of hydrogen-bond acceptors (Lipinski definition) is 10. The summed E-state index contributed by atoms with van der Waals surface area (Å²) in [6.07, 6.45) is 0.415. The molecule has 2 aliphatic heterocycles. The van der Waals surface area contributed by atoms with E-state index in [1.54, 1.807) is 6.07 Å². The average Bonchev–Trinajstić information content (AvgIpc) is 3.50. The van der Waals surface area contributed by atoms with Gasteiger partial charge in [-0.2, -0.15) is 0 Å². The van der Waals surface area contributed by atoms with E-state index >= 15 is 0 Å². The van der Waals surface area contributed by atoms with Crippen LogP contribution in [0.2, 0.25) is 0 Å². The third kappa shape index (κ3) is 5.17. The molecule has 2 aliphatic rings. The monoisotopic (exact) mass is 525 g/mol. The molecule has 5 rings (SSSR count). The van der Waals surface area contributed by atoms with Crippen molar-refractivity contribution in [3.05, 3.63) is 63.5 Å². The van der Waals surface area contributed by atoms with Gasteiger partial charge in [-0.3, -0.25) is 4.79 Å². The summed E-state index contributed by atoms with van der Waals surface area (Å²) in [6, 6.07) is 10.2. The number of amides is 1. The van der Waals surface area contributed by atoms with Gasteiger partial charge in [0.25, 0.3) is 5.91 Å². The first-order valence-electron chi connectivity index (χ1n) is 11.4. The second-order valence-electron chi connectivity index (χ2n) is 8.18. The summed E-state index contributed by atoms with van der Waals surface area (Å²) in [5, 5.41) is 3.00. The van der Waals surface area contributed by atoms with Crippen LogP contribution in [0, 0.1) is 6.92 Å². The number of ether oxygens (including phenoxy) is 6. The van der Waals surface area contributed by atoms with Gasteiger partial charge in [0.05, 0.1) is 18.2 Å². The van der Waals surface area contributed by atoms with Gasteiger partial charge in [-0.1, -0.05) is 6.07 Å². The molecule has 0 radical (unpaired) electrons. The minimum Gasteiger partial charge on any atom is -0.486 e. The number of anilines is 1. The molecule has 0 atom stereocenters. The Kier molecular flexibility index (Phi) is 6.87. The number of carbonyl (C=O) groups excluding carboxylic acids is 3. The smallest absolute Gasteiger partial charge is 0.341 e. The molecule has 0 fully saturated rings. The fourth-order valence-electron chi connectivity index (χ4n) is 4.00. The minimum absolute atomic E-state index is 0.166. The van der Waals surface area contributed by atoms with Crippen LogP contribution in [-0.4, -0.2) is 51.6 Å². The summed E-state index contributed by atoms with van der Waals surface area (Å²) in [5.74, 6) is 0.426. The van der Waals surface area contributed by atoms with E-state index in [2.05, 4.69) is 5.32 Å². The largest absolute Gasteiger partial charge is 0.486 e. The minimum atomic E-state index is -0.689. The van der Waals surface area contributed by atoms with Crippen LogP contribution >= 0.6 is 11.3 Å². The zero-order chi connectivity index (χ0) is 25.9. The van der Waals surface area contributed by atoms with Gasteiger partial charge in [0.1, 0.15) is 18.2 Å². The molecular weight excluding hydrogens is 502 g/mol. The molecule has 1 amide bonds. The van der Waals surface area contributed by atoms with Gasteiger partial charge >= 0.3 is 11.9 Å². The second-order valence-corrected chi connectivity index (χ2v) is 9.40. The zero-order valence-electron chi connectivity index (χ0n) is 20.1.